The normalized spacial score (nSPS) is 18.0. The van der Waals surface area contributed by atoms with Gasteiger partial charge in [-0.05, 0) is 17.0 Å². The molecule has 2 rings (SSSR count). The molecular weight excluding hydrogens is 228 g/mol. The number of nitro groups is 1. The summed E-state index contributed by atoms with van der Waals surface area (Å²) in [7, 11) is 1.93. The second-order valence-electron chi connectivity index (χ2n) is 4.99. The summed E-state index contributed by atoms with van der Waals surface area (Å²) in [6.07, 6.45) is 3.91. The SMILES string of the molecule is CC(C)c1cccc2c1N(C)C(C[N+](=O)[O-])C=C2. The highest BCUT2D eigenvalue weighted by molar-refractivity contribution is 5.75. The molecule has 1 aliphatic rings. The Hall–Kier alpha value is -1.84. The summed E-state index contributed by atoms with van der Waals surface area (Å²) in [6, 6.07) is 6.03. The quantitative estimate of drug-likeness (QED) is 0.608. The molecule has 0 saturated carbocycles. The first-order valence-electron chi connectivity index (χ1n) is 6.16. The third-order valence-electron chi connectivity index (χ3n) is 3.40. The highest BCUT2D eigenvalue weighted by Crippen LogP contribution is 2.35. The molecule has 96 valence electrons. The number of fused-ring (bicyclic) bond motifs is 1. The predicted molar refractivity (Wildman–Crippen MR) is 73.6 cm³/mol. The van der Waals surface area contributed by atoms with E-state index in [0.717, 1.165) is 11.3 Å². The van der Waals surface area contributed by atoms with Crippen molar-refractivity contribution in [3.8, 4) is 0 Å². The van der Waals surface area contributed by atoms with E-state index in [4.69, 9.17) is 0 Å². The molecule has 1 heterocycles. The molecule has 0 radical (unpaired) electrons. The molecule has 4 nitrogen and oxygen atoms in total. The average molecular weight is 246 g/mol. The summed E-state index contributed by atoms with van der Waals surface area (Å²) in [5.41, 5.74) is 3.51. The molecule has 1 atom stereocenters. The van der Waals surface area contributed by atoms with Crippen molar-refractivity contribution in [3.05, 3.63) is 45.5 Å². The molecule has 1 aliphatic heterocycles. The third kappa shape index (κ3) is 2.23. The molecule has 18 heavy (non-hydrogen) atoms. The topological polar surface area (TPSA) is 46.4 Å². The Labute approximate surface area is 107 Å². The highest BCUT2D eigenvalue weighted by atomic mass is 16.6. The van der Waals surface area contributed by atoms with Gasteiger partial charge in [0.25, 0.3) is 0 Å². The van der Waals surface area contributed by atoms with Crippen molar-refractivity contribution in [3.63, 3.8) is 0 Å². The van der Waals surface area contributed by atoms with Crippen LogP contribution in [0.1, 0.15) is 30.9 Å². The molecule has 1 aromatic rings. The molecular formula is C14H18N2O2. The highest BCUT2D eigenvalue weighted by Gasteiger charge is 2.25. The lowest BCUT2D eigenvalue weighted by atomic mass is 9.93. The van der Waals surface area contributed by atoms with Crippen LogP contribution in [0.5, 0.6) is 0 Å². The minimum atomic E-state index is -0.255. The van der Waals surface area contributed by atoms with Crippen molar-refractivity contribution in [2.45, 2.75) is 25.8 Å². The molecule has 1 aromatic carbocycles. The van der Waals surface area contributed by atoms with Gasteiger partial charge in [0.1, 0.15) is 6.04 Å². The minimum absolute atomic E-state index is 0.0567. The second kappa shape index (κ2) is 4.80. The number of hydrogen-bond donors (Lipinski definition) is 0. The monoisotopic (exact) mass is 246 g/mol. The number of para-hydroxylation sites is 1. The van der Waals surface area contributed by atoms with Crippen molar-refractivity contribution in [1.82, 2.24) is 0 Å². The van der Waals surface area contributed by atoms with E-state index < -0.39 is 0 Å². The van der Waals surface area contributed by atoms with Crippen LogP contribution in [-0.4, -0.2) is 24.6 Å². The fourth-order valence-electron chi connectivity index (χ4n) is 2.43. The summed E-state index contributed by atoms with van der Waals surface area (Å²) < 4.78 is 0. The van der Waals surface area contributed by atoms with Gasteiger partial charge in [-0.25, -0.2) is 0 Å². The first kappa shape index (κ1) is 12.6. The largest absolute Gasteiger partial charge is 0.361 e. The maximum Gasteiger partial charge on any atom is 0.227 e. The van der Waals surface area contributed by atoms with Gasteiger partial charge in [-0.15, -0.1) is 0 Å². The molecule has 0 saturated heterocycles. The fraction of sp³-hybridized carbons (Fsp3) is 0.429. The maximum absolute atomic E-state index is 10.7. The van der Waals surface area contributed by atoms with Gasteiger partial charge in [0.2, 0.25) is 6.54 Å². The lowest BCUT2D eigenvalue weighted by Crippen LogP contribution is -2.38. The van der Waals surface area contributed by atoms with Gasteiger partial charge in [0.15, 0.2) is 0 Å². The number of anilines is 1. The van der Waals surface area contributed by atoms with E-state index in [2.05, 4.69) is 26.0 Å². The molecule has 0 aromatic heterocycles. The first-order chi connectivity index (χ1) is 8.50. The molecule has 4 heteroatoms. The number of benzene rings is 1. The molecule has 0 bridgehead atoms. The Kier molecular flexibility index (Phi) is 3.36. The van der Waals surface area contributed by atoms with Crippen LogP contribution < -0.4 is 4.90 Å². The zero-order chi connectivity index (χ0) is 13.3. The van der Waals surface area contributed by atoms with E-state index in [-0.39, 0.29) is 17.5 Å². The van der Waals surface area contributed by atoms with Gasteiger partial charge >= 0.3 is 0 Å². The Morgan fingerprint density at radius 3 is 2.78 bits per heavy atom. The molecule has 1 unspecified atom stereocenters. The summed E-state index contributed by atoms with van der Waals surface area (Å²) in [4.78, 5) is 12.5. The van der Waals surface area contributed by atoms with Crippen LogP contribution in [0.2, 0.25) is 0 Å². The van der Waals surface area contributed by atoms with Crippen molar-refractivity contribution < 1.29 is 4.92 Å². The molecule has 0 fully saturated rings. The van der Waals surface area contributed by atoms with Crippen LogP contribution in [-0.2, 0) is 0 Å². The Balaban J connectivity index is 2.43. The Morgan fingerprint density at radius 2 is 2.17 bits per heavy atom. The molecule has 0 aliphatic carbocycles. The Morgan fingerprint density at radius 1 is 1.44 bits per heavy atom. The third-order valence-corrected chi connectivity index (χ3v) is 3.40. The molecule has 0 spiro atoms. The van der Waals surface area contributed by atoms with Gasteiger partial charge in [-0.1, -0.05) is 44.2 Å². The smallest absolute Gasteiger partial charge is 0.227 e. The van der Waals surface area contributed by atoms with Crippen molar-refractivity contribution in [2.24, 2.45) is 0 Å². The van der Waals surface area contributed by atoms with Gasteiger partial charge in [0, 0.05) is 17.7 Å². The number of hydrogen-bond acceptors (Lipinski definition) is 3. The zero-order valence-electron chi connectivity index (χ0n) is 11.0. The van der Waals surface area contributed by atoms with Crippen LogP contribution in [0.15, 0.2) is 24.3 Å². The van der Waals surface area contributed by atoms with Crippen molar-refractivity contribution in [2.75, 3.05) is 18.5 Å². The van der Waals surface area contributed by atoms with Crippen LogP contribution in [0.4, 0.5) is 5.69 Å². The van der Waals surface area contributed by atoms with E-state index >= 15 is 0 Å². The van der Waals surface area contributed by atoms with Gasteiger partial charge in [0.05, 0.1) is 0 Å². The van der Waals surface area contributed by atoms with Crippen LogP contribution >= 0.6 is 0 Å². The van der Waals surface area contributed by atoms with Crippen LogP contribution in [0, 0.1) is 10.1 Å². The van der Waals surface area contributed by atoms with Crippen LogP contribution in [0.3, 0.4) is 0 Å². The average Bonchev–Trinajstić information content (AvgIpc) is 2.31. The lowest BCUT2D eigenvalue weighted by Gasteiger charge is -2.32. The van der Waals surface area contributed by atoms with E-state index in [1.165, 1.54) is 5.56 Å². The lowest BCUT2D eigenvalue weighted by molar-refractivity contribution is -0.480. The zero-order valence-corrected chi connectivity index (χ0v) is 11.0. The predicted octanol–water partition coefficient (Wildman–Crippen LogP) is 2.92. The standard InChI is InChI=1S/C14H18N2O2/c1-10(2)13-6-4-5-11-7-8-12(9-16(17)18)15(3)14(11)13/h4-8,10,12H,9H2,1-3H3. The van der Waals surface area contributed by atoms with Crippen molar-refractivity contribution >= 4 is 11.8 Å². The molecule has 0 N–H and O–H groups in total. The summed E-state index contributed by atoms with van der Waals surface area (Å²) in [6.45, 7) is 4.23. The van der Waals surface area contributed by atoms with Gasteiger partial charge in [-0.2, -0.15) is 0 Å². The molecule has 0 amide bonds. The fourth-order valence-corrected chi connectivity index (χ4v) is 2.43. The summed E-state index contributed by atoms with van der Waals surface area (Å²) in [5.74, 6) is 0.408. The van der Waals surface area contributed by atoms with E-state index in [9.17, 15) is 10.1 Å². The minimum Gasteiger partial charge on any atom is -0.361 e. The van der Waals surface area contributed by atoms with E-state index in [0.29, 0.717) is 5.92 Å². The van der Waals surface area contributed by atoms with Gasteiger partial charge in [-0.3, -0.25) is 10.1 Å². The summed E-state index contributed by atoms with van der Waals surface area (Å²) >= 11 is 0. The van der Waals surface area contributed by atoms with E-state index in [1.807, 2.05) is 30.2 Å². The second-order valence-corrected chi connectivity index (χ2v) is 4.99. The first-order valence-corrected chi connectivity index (χ1v) is 6.16. The Bertz CT molecular complexity index is 495. The number of nitrogens with zero attached hydrogens (tertiary/aromatic N) is 2. The maximum atomic E-state index is 10.7. The van der Waals surface area contributed by atoms with E-state index in [1.54, 1.807) is 0 Å². The van der Waals surface area contributed by atoms with Gasteiger partial charge < -0.3 is 4.90 Å². The number of likely N-dealkylation sites (N-methyl/N-ethyl adjacent to an activating group) is 1. The number of rotatable bonds is 3. The van der Waals surface area contributed by atoms with Crippen molar-refractivity contribution in [1.29, 1.82) is 0 Å². The summed E-state index contributed by atoms with van der Waals surface area (Å²) in [5, 5.41) is 10.7. The van der Waals surface area contributed by atoms with Crippen LogP contribution in [0.25, 0.3) is 6.08 Å².